The quantitative estimate of drug-likeness (QED) is 0.609. The molecule has 3 heterocycles. The summed E-state index contributed by atoms with van der Waals surface area (Å²) in [6, 6.07) is 4.61. The van der Waals surface area contributed by atoms with E-state index >= 15 is 0 Å². The van der Waals surface area contributed by atoms with Crippen LogP contribution in [0.4, 0.5) is 5.69 Å². The number of nitrogens with zero attached hydrogens (tertiary/aromatic N) is 3. The summed E-state index contributed by atoms with van der Waals surface area (Å²) < 4.78 is 5.11. The van der Waals surface area contributed by atoms with Crippen molar-refractivity contribution in [1.82, 2.24) is 15.2 Å². The van der Waals surface area contributed by atoms with Crippen LogP contribution < -0.4 is 10.2 Å². The first kappa shape index (κ1) is 24.0. The monoisotopic (exact) mass is 430 g/mol. The van der Waals surface area contributed by atoms with Crippen molar-refractivity contribution in [3.05, 3.63) is 24.0 Å². The molecule has 6 nitrogen and oxygen atoms in total. The molecule has 1 aromatic heterocycles. The fraction of sp³-hybridized carbons (Fsp3) is 0.760. The van der Waals surface area contributed by atoms with Gasteiger partial charge in [-0.05, 0) is 36.8 Å². The molecule has 2 aliphatic rings. The zero-order valence-corrected chi connectivity index (χ0v) is 20.2. The smallest absolute Gasteiger partial charge is 0.270 e. The number of nitrogens with one attached hydrogen (secondary N) is 1. The summed E-state index contributed by atoms with van der Waals surface area (Å²) in [7, 11) is 0. The molecule has 174 valence electrons. The van der Waals surface area contributed by atoms with E-state index in [4.69, 9.17) is 4.74 Å². The summed E-state index contributed by atoms with van der Waals surface area (Å²) in [6.45, 7) is 17.3. The molecule has 2 aliphatic heterocycles. The molecular weight excluding hydrogens is 388 g/mol. The van der Waals surface area contributed by atoms with E-state index in [9.17, 15) is 4.79 Å². The lowest BCUT2D eigenvalue weighted by Gasteiger charge is -2.43. The average molecular weight is 431 g/mol. The number of carbonyl (C=O) groups excluding carboxylic acids is 1. The van der Waals surface area contributed by atoms with Crippen LogP contribution in [0.2, 0.25) is 0 Å². The first-order chi connectivity index (χ1) is 14.9. The van der Waals surface area contributed by atoms with E-state index in [0.717, 1.165) is 37.8 Å². The molecule has 6 heteroatoms. The summed E-state index contributed by atoms with van der Waals surface area (Å²) in [4.78, 5) is 21.7. The Morgan fingerprint density at radius 3 is 2.35 bits per heavy atom. The second kappa shape index (κ2) is 10.8. The third-order valence-corrected chi connectivity index (χ3v) is 7.98. The molecule has 2 fully saturated rings. The normalized spacial score (nSPS) is 20.2. The van der Waals surface area contributed by atoms with Gasteiger partial charge >= 0.3 is 0 Å². The molecule has 1 aromatic rings. The molecular formula is C25H42N4O2. The predicted molar refractivity (Wildman–Crippen MR) is 127 cm³/mol. The number of ether oxygens (including phenoxy) is 1. The lowest BCUT2D eigenvalue weighted by Crippen LogP contribution is -2.50. The number of rotatable bonds is 10. The van der Waals surface area contributed by atoms with Crippen LogP contribution >= 0.6 is 0 Å². The fourth-order valence-electron chi connectivity index (χ4n) is 5.04. The summed E-state index contributed by atoms with van der Waals surface area (Å²) in [6.07, 6.45) is 6.91. The van der Waals surface area contributed by atoms with E-state index in [1.54, 1.807) is 0 Å². The van der Waals surface area contributed by atoms with Gasteiger partial charge in [0.25, 0.3) is 5.91 Å². The number of anilines is 1. The minimum absolute atomic E-state index is 0.116. The van der Waals surface area contributed by atoms with Gasteiger partial charge in [0, 0.05) is 32.2 Å². The van der Waals surface area contributed by atoms with Crippen molar-refractivity contribution in [3.63, 3.8) is 0 Å². The van der Waals surface area contributed by atoms with Crippen molar-refractivity contribution in [2.75, 3.05) is 44.3 Å². The maximum Gasteiger partial charge on any atom is 0.270 e. The van der Waals surface area contributed by atoms with E-state index in [2.05, 4.69) is 54.7 Å². The summed E-state index contributed by atoms with van der Waals surface area (Å²) in [5.74, 6) is 0.667. The number of carbonyl (C=O) groups is 1. The number of amides is 1. The molecule has 3 rings (SSSR count). The molecule has 0 saturated carbocycles. The molecule has 1 amide bonds. The maximum atomic E-state index is 12.2. The van der Waals surface area contributed by atoms with Gasteiger partial charge in [-0.1, -0.05) is 47.0 Å². The number of piperazine rings is 1. The summed E-state index contributed by atoms with van der Waals surface area (Å²) in [5, 5.41) is 2.94. The largest absolute Gasteiger partial charge is 0.377 e. The molecule has 0 spiro atoms. The van der Waals surface area contributed by atoms with Gasteiger partial charge in [-0.15, -0.1) is 0 Å². The molecule has 1 N–H and O–H groups in total. The highest BCUT2D eigenvalue weighted by molar-refractivity contribution is 5.92. The van der Waals surface area contributed by atoms with Crippen LogP contribution in [0.1, 0.15) is 70.8 Å². The Labute approximate surface area is 188 Å². The molecule has 31 heavy (non-hydrogen) atoms. The standard InChI is InChI=1S/C25H42N4O2/c1-6-20(25(5,7-2)8-3)15-19(4)28-11-13-29(14-12-28)22-9-10-23(26-16-22)24(30)27-21-17-31-18-21/h9-10,16,19-21H,6-8,11-15,17-18H2,1-5H3,(H,27,30). The van der Waals surface area contributed by atoms with Crippen LogP contribution in [0, 0.1) is 11.3 Å². The van der Waals surface area contributed by atoms with E-state index in [-0.39, 0.29) is 11.9 Å². The summed E-state index contributed by atoms with van der Waals surface area (Å²) >= 11 is 0. The number of hydrogen-bond acceptors (Lipinski definition) is 5. The van der Waals surface area contributed by atoms with Crippen molar-refractivity contribution < 1.29 is 9.53 Å². The van der Waals surface area contributed by atoms with Gasteiger partial charge in [-0.2, -0.15) is 0 Å². The van der Waals surface area contributed by atoms with E-state index < -0.39 is 0 Å². The highest BCUT2D eigenvalue weighted by Gasteiger charge is 2.32. The molecule has 2 unspecified atom stereocenters. The van der Waals surface area contributed by atoms with Crippen LogP contribution in [0.25, 0.3) is 0 Å². The second-order valence-electron chi connectivity index (χ2n) is 9.68. The lowest BCUT2D eigenvalue weighted by atomic mass is 9.69. The Bertz CT molecular complexity index is 692. The van der Waals surface area contributed by atoms with Gasteiger partial charge in [0.05, 0.1) is 31.1 Å². The van der Waals surface area contributed by atoms with Crippen molar-refractivity contribution in [2.24, 2.45) is 11.3 Å². The predicted octanol–water partition coefficient (Wildman–Crippen LogP) is 3.96. The molecule has 0 aliphatic carbocycles. The number of hydrogen-bond donors (Lipinski definition) is 1. The molecule has 2 atom stereocenters. The SMILES string of the molecule is CCC(CC(C)N1CCN(c2ccc(C(=O)NC3COC3)nc2)CC1)C(C)(CC)CC. The Balaban J connectivity index is 1.50. The Morgan fingerprint density at radius 1 is 1.19 bits per heavy atom. The Morgan fingerprint density at radius 2 is 1.87 bits per heavy atom. The molecule has 2 saturated heterocycles. The Kier molecular flexibility index (Phi) is 8.34. The first-order valence-electron chi connectivity index (χ1n) is 12.2. The zero-order valence-electron chi connectivity index (χ0n) is 20.2. The topological polar surface area (TPSA) is 57.7 Å². The molecule has 0 aromatic carbocycles. The number of pyridine rings is 1. The highest BCUT2D eigenvalue weighted by atomic mass is 16.5. The minimum atomic E-state index is -0.116. The van der Waals surface area contributed by atoms with Gasteiger partial charge < -0.3 is 15.0 Å². The van der Waals surface area contributed by atoms with Crippen molar-refractivity contribution in [1.29, 1.82) is 0 Å². The van der Waals surface area contributed by atoms with E-state index in [0.29, 0.717) is 30.4 Å². The van der Waals surface area contributed by atoms with Crippen molar-refractivity contribution in [2.45, 2.75) is 72.4 Å². The van der Waals surface area contributed by atoms with Crippen molar-refractivity contribution >= 4 is 11.6 Å². The lowest BCUT2D eigenvalue weighted by molar-refractivity contribution is -0.00354. The van der Waals surface area contributed by atoms with Gasteiger partial charge in [-0.25, -0.2) is 4.98 Å². The first-order valence-corrected chi connectivity index (χ1v) is 12.2. The van der Waals surface area contributed by atoms with Gasteiger partial charge in [0.1, 0.15) is 5.69 Å². The molecule has 0 bridgehead atoms. The van der Waals surface area contributed by atoms with Gasteiger partial charge in [0.15, 0.2) is 0 Å². The van der Waals surface area contributed by atoms with Crippen LogP contribution in [0.5, 0.6) is 0 Å². The third-order valence-electron chi connectivity index (χ3n) is 7.98. The average Bonchev–Trinajstić information content (AvgIpc) is 2.79. The van der Waals surface area contributed by atoms with E-state index in [1.165, 1.54) is 25.7 Å². The van der Waals surface area contributed by atoms with Gasteiger partial charge in [0.2, 0.25) is 0 Å². The van der Waals surface area contributed by atoms with Crippen LogP contribution in [0.3, 0.4) is 0 Å². The van der Waals surface area contributed by atoms with Crippen molar-refractivity contribution in [3.8, 4) is 0 Å². The highest BCUT2D eigenvalue weighted by Crippen LogP contribution is 2.40. The van der Waals surface area contributed by atoms with Crippen LogP contribution in [-0.4, -0.2) is 67.3 Å². The van der Waals surface area contributed by atoms with Gasteiger partial charge in [-0.3, -0.25) is 9.69 Å². The third kappa shape index (κ3) is 5.78. The zero-order chi connectivity index (χ0) is 22.4. The summed E-state index contributed by atoms with van der Waals surface area (Å²) in [5.41, 5.74) is 2.03. The van der Waals surface area contributed by atoms with E-state index in [1.807, 2.05) is 18.3 Å². The van der Waals surface area contributed by atoms with Crippen LogP contribution in [-0.2, 0) is 4.74 Å². The number of aromatic nitrogens is 1. The molecule has 0 radical (unpaired) electrons. The maximum absolute atomic E-state index is 12.2. The minimum Gasteiger partial charge on any atom is -0.377 e. The van der Waals surface area contributed by atoms with Crippen LogP contribution in [0.15, 0.2) is 18.3 Å². The fourth-order valence-corrected chi connectivity index (χ4v) is 5.04. The second-order valence-corrected chi connectivity index (χ2v) is 9.68. The Hall–Kier alpha value is -1.66.